The molecular formula is C27H28FN3OS. The lowest BCUT2D eigenvalue weighted by Gasteiger charge is -2.28. The summed E-state index contributed by atoms with van der Waals surface area (Å²) < 4.78 is 15.3. The topological polar surface area (TPSA) is 41.3 Å². The number of hydrogen-bond donors (Lipinski definition) is 1. The second kappa shape index (κ2) is 10.00. The van der Waals surface area contributed by atoms with Crippen LogP contribution in [0.1, 0.15) is 41.3 Å². The molecule has 0 fully saturated rings. The summed E-state index contributed by atoms with van der Waals surface area (Å²) in [5.74, 6) is -0.274. The Morgan fingerprint density at radius 3 is 2.61 bits per heavy atom. The third-order valence-electron chi connectivity index (χ3n) is 6.35. The number of nitrogens with zero attached hydrogens (tertiary/aromatic N) is 3. The van der Waals surface area contributed by atoms with E-state index in [1.54, 1.807) is 23.5 Å². The molecule has 0 bridgehead atoms. The highest BCUT2D eigenvalue weighted by molar-refractivity contribution is 7.13. The summed E-state index contributed by atoms with van der Waals surface area (Å²) in [5.41, 5.74) is 5.81. The van der Waals surface area contributed by atoms with Crippen LogP contribution < -0.4 is 0 Å². The van der Waals surface area contributed by atoms with Crippen LogP contribution in [0.4, 0.5) is 4.39 Å². The molecule has 0 amide bonds. The first kappa shape index (κ1) is 22.0. The predicted octanol–water partition coefficient (Wildman–Crippen LogP) is 5.67. The summed E-state index contributed by atoms with van der Waals surface area (Å²) >= 11 is 1.74. The Bertz CT molecular complexity index is 1170. The van der Waals surface area contributed by atoms with E-state index in [1.807, 2.05) is 6.07 Å². The zero-order valence-electron chi connectivity index (χ0n) is 18.5. The molecule has 0 spiro atoms. The van der Waals surface area contributed by atoms with Gasteiger partial charge in [0.15, 0.2) is 0 Å². The van der Waals surface area contributed by atoms with Gasteiger partial charge in [0.2, 0.25) is 0 Å². The van der Waals surface area contributed by atoms with E-state index in [0.717, 1.165) is 50.3 Å². The van der Waals surface area contributed by atoms with Gasteiger partial charge in [0.05, 0.1) is 17.5 Å². The first-order valence-corrected chi connectivity index (χ1v) is 12.4. The Kier molecular flexibility index (Phi) is 6.67. The van der Waals surface area contributed by atoms with E-state index < -0.39 is 6.10 Å². The number of benzene rings is 2. The molecule has 6 heteroatoms. The molecule has 1 unspecified atom stereocenters. The van der Waals surface area contributed by atoms with Crippen molar-refractivity contribution in [2.45, 2.75) is 38.5 Å². The average Bonchev–Trinajstić information content (AvgIpc) is 3.48. The van der Waals surface area contributed by atoms with Crippen molar-refractivity contribution in [3.05, 3.63) is 100 Å². The Hall–Kier alpha value is -2.80. The first-order valence-electron chi connectivity index (χ1n) is 11.5. The van der Waals surface area contributed by atoms with Crippen LogP contribution in [0.2, 0.25) is 0 Å². The standard InChI is InChI=1S/C27H28FN3OS/c28-22-12-10-21(11-13-22)25(32)8-4-15-30-16-14-24-23(19-30)27(26-9-5-17-33-26)29-31(24)18-20-6-2-1-3-7-20/h1-3,5-7,9-13,17,25,32H,4,8,14-16,18-19H2. The molecule has 170 valence electrons. The lowest BCUT2D eigenvalue weighted by atomic mass is 10.0. The first-order chi connectivity index (χ1) is 16.2. The molecule has 0 saturated carbocycles. The van der Waals surface area contributed by atoms with Gasteiger partial charge in [0.1, 0.15) is 11.5 Å². The molecule has 4 aromatic rings. The molecule has 2 aromatic carbocycles. The van der Waals surface area contributed by atoms with Gasteiger partial charge in [0.25, 0.3) is 0 Å². The van der Waals surface area contributed by atoms with E-state index in [4.69, 9.17) is 5.10 Å². The number of hydrogen-bond acceptors (Lipinski definition) is 4. The van der Waals surface area contributed by atoms with Gasteiger partial charge in [-0.15, -0.1) is 11.3 Å². The average molecular weight is 462 g/mol. The van der Waals surface area contributed by atoms with Crippen LogP contribution in [-0.4, -0.2) is 32.9 Å². The fourth-order valence-corrected chi connectivity index (χ4v) is 5.33. The molecule has 0 saturated heterocycles. The molecule has 1 aliphatic heterocycles. The predicted molar refractivity (Wildman–Crippen MR) is 131 cm³/mol. The van der Waals surface area contributed by atoms with Crippen LogP contribution in [-0.2, 0) is 19.5 Å². The Morgan fingerprint density at radius 1 is 1.03 bits per heavy atom. The van der Waals surface area contributed by atoms with Gasteiger partial charge in [-0.05, 0) is 54.1 Å². The second-order valence-electron chi connectivity index (χ2n) is 8.63. The summed E-state index contributed by atoms with van der Waals surface area (Å²) in [6, 6.07) is 20.9. The summed E-state index contributed by atoms with van der Waals surface area (Å²) in [6.45, 7) is 3.58. The number of aliphatic hydroxyl groups is 1. The molecule has 3 heterocycles. The van der Waals surface area contributed by atoms with Crippen LogP contribution >= 0.6 is 11.3 Å². The lowest BCUT2D eigenvalue weighted by molar-refractivity contribution is 0.152. The third-order valence-corrected chi connectivity index (χ3v) is 7.23. The number of aliphatic hydroxyl groups excluding tert-OH is 1. The zero-order valence-corrected chi connectivity index (χ0v) is 19.3. The molecule has 1 atom stereocenters. The van der Waals surface area contributed by atoms with E-state index in [0.29, 0.717) is 6.42 Å². The normalized spacial score (nSPS) is 14.8. The number of aromatic nitrogens is 2. The third kappa shape index (κ3) is 5.08. The largest absolute Gasteiger partial charge is 0.388 e. The minimum absolute atomic E-state index is 0.274. The summed E-state index contributed by atoms with van der Waals surface area (Å²) in [4.78, 5) is 3.68. The molecule has 33 heavy (non-hydrogen) atoms. The SMILES string of the molecule is OC(CCCN1CCc2c(c(-c3cccs3)nn2Cc2ccccc2)C1)c1ccc(F)cc1. The molecule has 4 nitrogen and oxygen atoms in total. The van der Waals surface area contributed by atoms with Gasteiger partial charge >= 0.3 is 0 Å². The maximum atomic E-state index is 13.1. The minimum atomic E-state index is -0.554. The number of fused-ring (bicyclic) bond motifs is 1. The van der Waals surface area contributed by atoms with Crippen molar-refractivity contribution in [3.63, 3.8) is 0 Å². The van der Waals surface area contributed by atoms with Crippen LogP contribution in [0.15, 0.2) is 72.1 Å². The second-order valence-corrected chi connectivity index (χ2v) is 9.58. The van der Waals surface area contributed by atoms with Crippen molar-refractivity contribution in [1.29, 1.82) is 0 Å². The van der Waals surface area contributed by atoms with E-state index in [2.05, 4.69) is 51.4 Å². The zero-order chi connectivity index (χ0) is 22.6. The molecule has 2 aromatic heterocycles. The van der Waals surface area contributed by atoms with Gasteiger partial charge in [-0.3, -0.25) is 9.58 Å². The highest BCUT2D eigenvalue weighted by Gasteiger charge is 2.26. The molecular weight excluding hydrogens is 433 g/mol. The number of thiophene rings is 1. The van der Waals surface area contributed by atoms with E-state index in [-0.39, 0.29) is 5.82 Å². The van der Waals surface area contributed by atoms with E-state index in [9.17, 15) is 9.50 Å². The highest BCUT2D eigenvalue weighted by atomic mass is 32.1. The van der Waals surface area contributed by atoms with Gasteiger partial charge < -0.3 is 5.11 Å². The van der Waals surface area contributed by atoms with Crippen molar-refractivity contribution >= 4 is 11.3 Å². The van der Waals surface area contributed by atoms with Crippen molar-refractivity contribution < 1.29 is 9.50 Å². The number of rotatable bonds is 8. The van der Waals surface area contributed by atoms with Crippen molar-refractivity contribution in [1.82, 2.24) is 14.7 Å². The maximum absolute atomic E-state index is 13.1. The molecule has 1 N–H and O–H groups in total. The Balaban J connectivity index is 1.28. The van der Waals surface area contributed by atoms with Gasteiger partial charge in [0, 0.05) is 30.8 Å². The van der Waals surface area contributed by atoms with Crippen LogP contribution in [0, 0.1) is 5.82 Å². The summed E-state index contributed by atoms with van der Waals surface area (Å²) in [5, 5.41) is 17.6. The maximum Gasteiger partial charge on any atom is 0.123 e. The molecule has 1 aliphatic rings. The highest BCUT2D eigenvalue weighted by Crippen LogP contribution is 2.33. The van der Waals surface area contributed by atoms with Crippen LogP contribution in [0.25, 0.3) is 10.6 Å². The molecule has 0 radical (unpaired) electrons. The monoisotopic (exact) mass is 461 g/mol. The van der Waals surface area contributed by atoms with E-state index in [1.165, 1.54) is 33.8 Å². The Labute approximate surface area is 197 Å². The quantitative estimate of drug-likeness (QED) is 0.368. The van der Waals surface area contributed by atoms with Crippen molar-refractivity contribution in [3.8, 4) is 10.6 Å². The van der Waals surface area contributed by atoms with Crippen molar-refractivity contribution in [2.24, 2.45) is 0 Å². The van der Waals surface area contributed by atoms with Crippen LogP contribution in [0.3, 0.4) is 0 Å². The number of halogens is 1. The van der Waals surface area contributed by atoms with Gasteiger partial charge in [-0.1, -0.05) is 48.5 Å². The van der Waals surface area contributed by atoms with E-state index >= 15 is 0 Å². The molecule has 0 aliphatic carbocycles. The van der Waals surface area contributed by atoms with Crippen LogP contribution in [0.5, 0.6) is 0 Å². The minimum Gasteiger partial charge on any atom is -0.388 e. The van der Waals surface area contributed by atoms with Gasteiger partial charge in [-0.2, -0.15) is 5.10 Å². The molecule has 5 rings (SSSR count). The Morgan fingerprint density at radius 2 is 1.85 bits per heavy atom. The summed E-state index contributed by atoms with van der Waals surface area (Å²) in [7, 11) is 0. The van der Waals surface area contributed by atoms with Crippen molar-refractivity contribution in [2.75, 3.05) is 13.1 Å². The summed E-state index contributed by atoms with van der Waals surface area (Å²) in [6.07, 6.45) is 1.97. The lowest BCUT2D eigenvalue weighted by Crippen LogP contribution is -2.32. The van der Waals surface area contributed by atoms with Gasteiger partial charge in [-0.25, -0.2) is 4.39 Å². The fourth-order valence-electron chi connectivity index (χ4n) is 4.60. The smallest absolute Gasteiger partial charge is 0.123 e. The fraction of sp³-hybridized carbons (Fsp3) is 0.296.